The topological polar surface area (TPSA) is 73.1 Å². The van der Waals surface area contributed by atoms with Crippen LogP contribution in [0.15, 0.2) is 48.5 Å². The maximum absolute atomic E-state index is 12.2. The Morgan fingerprint density at radius 1 is 1.22 bits per heavy atom. The molecule has 2 aromatic carbocycles. The van der Waals surface area contributed by atoms with Crippen LogP contribution in [0, 0.1) is 11.3 Å². The first-order valence-corrected chi connectivity index (χ1v) is 7.71. The highest BCUT2D eigenvalue weighted by molar-refractivity contribution is 5.77. The number of hydrogen-bond donors (Lipinski definition) is 2. The molecular weight excluding hydrogens is 288 g/mol. The number of nitrogens with zero attached hydrogens (tertiary/aromatic N) is 1. The van der Waals surface area contributed by atoms with Gasteiger partial charge in [0.25, 0.3) is 0 Å². The summed E-state index contributed by atoms with van der Waals surface area (Å²) >= 11 is 0. The summed E-state index contributed by atoms with van der Waals surface area (Å²) in [6.07, 6.45) is 0.988. The molecule has 0 heterocycles. The SMILES string of the molecule is N#Cc1ccc(CCC(=O)N[C@@H]2c3ccccc3C[C@@H]2O)cc1. The second-order valence-electron chi connectivity index (χ2n) is 5.82. The molecule has 0 fully saturated rings. The van der Waals surface area contributed by atoms with Crippen LogP contribution >= 0.6 is 0 Å². The molecule has 0 aromatic heterocycles. The van der Waals surface area contributed by atoms with Gasteiger partial charge < -0.3 is 10.4 Å². The fourth-order valence-electron chi connectivity index (χ4n) is 3.00. The van der Waals surface area contributed by atoms with E-state index in [1.807, 2.05) is 36.4 Å². The molecule has 0 saturated heterocycles. The highest BCUT2D eigenvalue weighted by atomic mass is 16.3. The number of nitrogens with one attached hydrogen (secondary N) is 1. The predicted molar refractivity (Wildman–Crippen MR) is 86.5 cm³/mol. The lowest BCUT2D eigenvalue weighted by atomic mass is 10.1. The van der Waals surface area contributed by atoms with E-state index in [4.69, 9.17) is 5.26 Å². The van der Waals surface area contributed by atoms with Gasteiger partial charge in [0, 0.05) is 12.8 Å². The molecule has 0 bridgehead atoms. The lowest BCUT2D eigenvalue weighted by Gasteiger charge is -2.18. The van der Waals surface area contributed by atoms with E-state index in [1.165, 1.54) is 0 Å². The number of carbonyl (C=O) groups excluding carboxylic acids is 1. The van der Waals surface area contributed by atoms with Gasteiger partial charge in [-0.05, 0) is 35.2 Å². The van der Waals surface area contributed by atoms with Crippen LogP contribution in [0.4, 0.5) is 0 Å². The summed E-state index contributed by atoms with van der Waals surface area (Å²) in [5.74, 6) is -0.0740. The smallest absolute Gasteiger partial charge is 0.220 e. The van der Waals surface area contributed by atoms with E-state index in [1.54, 1.807) is 12.1 Å². The number of aryl methyl sites for hydroxylation is 1. The fraction of sp³-hybridized carbons (Fsp3) is 0.263. The molecule has 0 spiro atoms. The third-order valence-electron chi connectivity index (χ3n) is 4.24. The molecule has 2 atom stereocenters. The Morgan fingerprint density at radius 3 is 2.70 bits per heavy atom. The Hall–Kier alpha value is -2.64. The average molecular weight is 306 g/mol. The zero-order valence-electron chi connectivity index (χ0n) is 12.7. The van der Waals surface area contributed by atoms with Crippen molar-refractivity contribution in [2.24, 2.45) is 0 Å². The monoisotopic (exact) mass is 306 g/mol. The van der Waals surface area contributed by atoms with Crippen LogP contribution in [0.3, 0.4) is 0 Å². The maximum atomic E-state index is 12.2. The molecule has 1 aliphatic carbocycles. The van der Waals surface area contributed by atoms with Gasteiger partial charge in [0.05, 0.1) is 23.8 Å². The van der Waals surface area contributed by atoms with Gasteiger partial charge in [0.15, 0.2) is 0 Å². The molecule has 0 unspecified atom stereocenters. The van der Waals surface area contributed by atoms with E-state index in [2.05, 4.69) is 11.4 Å². The van der Waals surface area contributed by atoms with Crippen LogP contribution in [0.2, 0.25) is 0 Å². The molecular formula is C19H18N2O2. The summed E-state index contributed by atoms with van der Waals surface area (Å²) in [6, 6.07) is 16.8. The van der Waals surface area contributed by atoms with Crippen LogP contribution in [-0.2, 0) is 17.6 Å². The Labute approximate surface area is 135 Å². The molecule has 1 amide bonds. The van der Waals surface area contributed by atoms with Crippen molar-refractivity contribution in [3.05, 3.63) is 70.8 Å². The predicted octanol–water partition coefficient (Wildman–Crippen LogP) is 2.27. The normalized spacial score (nSPS) is 19.0. The number of aliphatic hydroxyl groups excluding tert-OH is 1. The van der Waals surface area contributed by atoms with Gasteiger partial charge in [-0.25, -0.2) is 0 Å². The second kappa shape index (κ2) is 6.64. The van der Waals surface area contributed by atoms with Gasteiger partial charge in [0.2, 0.25) is 5.91 Å². The average Bonchev–Trinajstić information content (AvgIpc) is 2.89. The standard InChI is InChI=1S/C19H18N2O2/c20-12-14-7-5-13(6-8-14)9-10-18(23)21-19-16-4-2-1-3-15(16)11-17(19)22/h1-8,17,19,22H,9-11H2,(H,21,23)/t17-,19+/m0/s1. The summed E-state index contributed by atoms with van der Waals surface area (Å²) in [4.78, 5) is 12.2. The lowest BCUT2D eigenvalue weighted by Crippen LogP contribution is -2.33. The van der Waals surface area contributed by atoms with Crippen molar-refractivity contribution in [3.63, 3.8) is 0 Å². The molecule has 2 aromatic rings. The minimum absolute atomic E-state index is 0.0740. The highest BCUT2D eigenvalue weighted by Crippen LogP contribution is 2.31. The van der Waals surface area contributed by atoms with Crippen molar-refractivity contribution >= 4 is 5.91 Å². The summed E-state index contributed by atoms with van der Waals surface area (Å²) in [6.45, 7) is 0. The fourth-order valence-corrected chi connectivity index (χ4v) is 3.00. The molecule has 0 radical (unpaired) electrons. The number of rotatable bonds is 4. The Morgan fingerprint density at radius 2 is 1.96 bits per heavy atom. The Kier molecular flexibility index (Phi) is 4.40. The Bertz CT molecular complexity index is 747. The molecule has 1 aliphatic rings. The number of aliphatic hydroxyl groups is 1. The number of nitriles is 1. The van der Waals surface area contributed by atoms with Gasteiger partial charge in [-0.3, -0.25) is 4.79 Å². The van der Waals surface area contributed by atoms with Crippen molar-refractivity contribution in [3.8, 4) is 6.07 Å². The quantitative estimate of drug-likeness (QED) is 0.910. The van der Waals surface area contributed by atoms with E-state index < -0.39 is 6.10 Å². The maximum Gasteiger partial charge on any atom is 0.220 e. The zero-order valence-corrected chi connectivity index (χ0v) is 12.7. The van der Waals surface area contributed by atoms with Gasteiger partial charge in [0.1, 0.15) is 0 Å². The van der Waals surface area contributed by atoms with E-state index in [9.17, 15) is 9.90 Å². The van der Waals surface area contributed by atoms with Gasteiger partial charge in [-0.15, -0.1) is 0 Å². The molecule has 3 rings (SSSR count). The van der Waals surface area contributed by atoms with Crippen molar-refractivity contribution in [1.29, 1.82) is 5.26 Å². The van der Waals surface area contributed by atoms with Crippen molar-refractivity contribution in [2.75, 3.05) is 0 Å². The van der Waals surface area contributed by atoms with E-state index in [-0.39, 0.29) is 11.9 Å². The van der Waals surface area contributed by atoms with E-state index >= 15 is 0 Å². The first-order valence-electron chi connectivity index (χ1n) is 7.71. The van der Waals surface area contributed by atoms with E-state index in [0.29, 0.717) is 24.8 Å². The van der Waals surface area contributed by atoms with Crippen LogP contribution < -0.4 is 5.32 Å². The molecule has 0 saturated carbocycles. The van der Waals surface area contributed by atoms with Crippen molar-refractivity contribution in [2.45, 2.75) is 31.4 Å². The second-order valence-corrected chi connectivity index (χ2v) is 5.82. The minimum Gasteiger partial charge on any atom is -0.390 e. The number of hydrogen-bond acceptors (Lipinski definition) is 3. The van der Waals surface area contributed by atoms with E-state index in [0.717, 1.165) is 16.7 Å². The first kappa shape index (κ1) is 15.3. The number of fused-ring (bicyclic) bond motifs is 1. The number of benzene rings is 2. The van der Waals surface area contributed by atoms with Crippen molar-refractivity contribution in [1.82, 2.24) is 5.32 Å². The zero-order chi connectivity index (χ0) is 16.2. The summed E-state index contributed by atoms with van der Waals surface area (Å²) in [5.41, 5.74) is 3.74. The van der Waals surface area contributed by atoms with Crippen LogP contribution in [-0.4, -0.2) is 17.1 Å². The Balaban J connectivity index is 1.58. The van der Waals surface area contributed by atoms with Crippen molar-refractivity contribution < 1.29 is 9.90 Å². The van der Waals surface area contributed by atoms with Gasteiger partial charge in [-0.1, -0.05) is 36.4 Å². The molecule has 4 heteroatoms. The number of amides is 1. The molecule has 0 aliphatic heterocycles. The van der Waals surface area contributed by atoms with Crippen LogP contribution in [0.25, 0.3) is 0 Å². The lowest BCUT2D eigenvalue weighted by molar-refractivity contribution is -0.122. The van der Waals surface area contributed by atoms with Crippen LogP contribution in [0.1, 0.15) is 34.7 Å². The first-order chi connectivity index (χ1) is 11.2. The minimum atomic E-state index is -0.564. The summed E-state index contributed by atoms with van der Waals surface area (Å²) in [7, 11) is 0. The molecule has 116 valence electrons. The largest absolute Gasteiger partial charge is 0.390 e. The van der Waals surface area contributed by atoms with Gasteiger partial charge in [-0.2, -0.15) is 5.26 Å². The van der Waals surface area contributed by atoms with Gasteiger partial charge >= 0.3 is 0 Å². The third kappa shape index (κ3) is 3.41. The number of carbonyl (C=O) groups is 1. The summed E-state index contributed by atoms with van der Waals surface area (Å²) in [5, 5.41) is 21.9. The molecule has 23 heavy (non-hydrogen) atoms. The molecule has 4 nitrogen and oxygen atoms in total. The molecule has 2 N–H and O–H groups in total. The highest BCUT2D eigenvalue weighted by Gasteiger charge is 2.31. The third-order valence-corrected chi connectivity index (χ3v) is 4.24. The summed E-state index contributed by atoms with van der Waals surface area (Å²) < 4.78 is 0. The van der Waals surface area contributed by atoms with Crippen LogP contribution in [0.5, 0.6) is 0 Å².